The monoisotopic (exact) mass is 323 g/mol. The molecule has 0 bridgehead atoms. The van der Waals surface area contributed by atoms with Crippen molar-refractivity contribution in [1.29, 1.82) is 0 Å². The van der Waals surface area contributed by atoms with E-state index in [9.17, 15) is 14.9 Å². The van der Waals surface area contributed by atoms with Gasteiger partial charge < -0.3 is 10.6 Å². The fourth-order valence-electron chi connectivity index (χ4n) is 2.78. The molecule has 0 aromatic heterocycles. The third-order valence-corrected chi connectivity index (χ3v) is 5.02. The zero-order valence-electron chi connectivity index (χ0n) is 12.7. The van der Waals surface area contributed by atoms with E-state index in [1.54, 1.807) is 12.1 Å². The normalized spacial score (nSPS) is 18.8. The molecular weight excluding hydrogens is 302 g/mol. The minimum Gasteiger partial charge on any atom is -0.366 e. The number of nitrogens with zero attached hydrogens (tertiary/aromatic N) is 2. The molecule has 1 atom stereocenters. The molecule has 1 saturated heterocycles. The van der Waals surface area contributed by atoms with Crippen molar-refractivity contribution in [1.82, 2.24) is 0 Å². The van der Waals surface area contributed by atoms with Crippen molar-refractivity contribution < 1.29 is 9.72 Å². The van der Waals surface area contributed by atoms with Gasteiger partial charge in [-0.05, 0) is 30.7 Å². The molecule has 0 aliphatic carbocycles. The number of hydrogen-bond donors (Lipinski definition) is 1. The molecule has 1 fully saturated rings. The first kappa shape index (κ1) is 16.6. The first-order valence-electron chi connectivity index (χ1n) is 7.47. The highest BCUT2D eigenvalue weighted by molar-refractivity contribution is 7.99. The van der Waals surface area contributed by atoms with E-state index in [-0.39, 0.29) is 11.3 Å². The molecule has 6 nitrogen and oxygen atoms in total. The van der Waals surface area contributed by atoms with Crippen molar-refractivity contribution in [2.24, 2.45) is 5.73 Å². The second kappa shape index (κ2) is 7.49. The van der Waals surface area contributed by atoms with Crippen LogP contribution in [0.15, 0.2) is 18.2 Å². The number of nitro groups is 1. The summed E-state index contributed by atoms with van der Waals surface area (Å²) in [5, 5.41) is 11.8. The SMILES string of the molecule is CCSC1CCCCN(c2ccc(C(N)=O)cc2[N+](=O)[O-])C1. The van der Waals surface area contributed by atoms with Gasteiger partial charge in [-0.3, -0.25) is 14.9 Å². The maximum absolute atomic E-state index is 11.4. The summed E-state index contributed by atoms with van der Waals surface area (Å²) in [4.78, 5) is 24.2. The third kappa shape index (κ3) is 3.91. The number of nitro benzene ring substituents is 1. The van der Waals surface area contributed by atoms with Gasteiger partial charge >= 0.3 is 0 Å². The lowest BCUT2D eigenvalue weighted by atomic mass is 10.1. The molecule has 1 unspecified atom stereocenters. The smallest absolute Gasteiger partial charge is 0.293 e. The van der Waals surface area contributed by atoms with E-state index in [4.69, 9.17) is 5.73 Å². The lowest BCUT2D eigenvalue weighted by molar-refractivity contribution is -0.384. The van der Waals surface area contributed by atoms with Crippen LogP contribution >= 0.6 is 11.8 Å². The van der Waals surface area contributed by atoms with Crippen LogP contribution < -0.4 is 10.6 Å². The number of amides is 1. The van der Waals surface area contributed by atoms with Gasteiger partial charge in [0.25, 0.3) is 5.69 Å². The third-order valence-electron chi connectivity index (χ3n) is 3.83. The van der Waals surface area contributed by atoms with Crippen molar-refractivity contribution in [3.05, 3.63) is 33.9 Å². The van der Waals surface area contributed by atoms with Gasteiger partial charge in [0.05, 0.1) is 4.92 Å². The quantitative estimate of drug-likeness (QED) is 0.665. The van der Waals surface area contributed by atoms with Crippen LogP contribution in [0.1, 0.15) is 36.5 Å². The molecule has 22 heavy (non-hydrogen) atoms. The molecular formula is C15H21N3O3S. The van der Waals surface area contributed by atoms with Crippen molar-refractivity contribution in [2.45, 2.75) is 31.4 Å². The average Bonchev–Trinajstić information content (AvgIpc) is 2.72. The largest absolute Gasteiger partial charge is 0.366 e. The van der Waals surface area contributed by atoms with Gasteiger partial charge in [-0.1, -0.05) is 13.3 Å². The molecule has 2 rings (SSSR count). The van der Waals surface area contributed by atoms with E-state index in [0.29, 0.717) is 10.9 Å². The molecule has 1 aromatic carbocycles. The summed E-state index contributed by atoms with van der Waals surface area (Å²) in [6.45, 7) is 3.73. The Balaban J connectivity index is 2.33. The summed E-state index contributed by atoms with van der Waals surface area (Å²) in [5.41, 5.74) is 5.93. The summed E-state index contributed by atoms with van der Waals surface area (Å²) < 4.78 is 0. The molecule has 0 spiro atoms. The molecule has 120 valence electrons. The fraction of sp³-hybridized carbons (Fsp3) is 0.533. The fourth-order valence-corrected chi connectivity index (χ4v) is 3.87. The van der Waals surface area contributed by atoms with E-state index < -0.39 is 10.8 Å². The number of hydrogen-bond acceptors (Lipinski definition) is 5. The lowest BCUT2D eigenvalue weighted by Crippen LogP contribution is -2.30. The highest BCUT2D eigenvalue weighted by atomic mass is 32.2. The van der Waals surface area contributed by atoms with Gasteiger partial charge in [0.1, 0.15) is 5.69 Å². The predicted molar refractivity (Wildman–Crippen MR) is 89.6 cm³/mol. The molecule has 7 heteroatoms. The first-order chi connectivity index (χ1) is 10.5. The van der Waals surface area contributed by atoms with Crippen molar-refractivity contribution in [3.63, 3.8) is 0 Å². The van der Waals surface area contributed by atoms with Gasteiger partial charge in [-0.15, -0.1) is 0 Å². The summed E-state index contributed by atoms with van der Waals surface area (Å²) >= 11 is 1.90. The van der Waals surface area contributed by atoms with Crippen LogP contribution in [-0.4, -0.2) is 34.9 Å². The van der Waals surface area contributed by atoms with E-state index in [1.807, 2.05) is 11.8 Å². The van der Waals surface area contributed by atoms with Crippen LogP contribution in [0.4, 0.5) is 11.4 Å². The Morgan fingerprint density at radius 3 is 2.91 bits per heavy atom. The molecule has 1 amide bonds. The van der Waals surface area contributed by atoms with Gasteiger partial charge in [0.15, 0.2) is 0 Å². The van der Waals surface area contributed by atoms with E-state index >= 15 is 0 Å². The topological polar surface area (TPSA) is 89.5 Å². The van der Waals surface area contributed by atoms with Gasteiger partial charge in [-0.2, -0.15) is 11.8 Å². The number of anilines is 1. The number of rotatable bonds is 5. The molecule has 1 aromatic rings. The Hall–Kier alpha value is -1.76. The van der Waals surface area contributed by atoms with Gasteiger partial charge in [0, 0.05) is 30.0 Å². The van der Waals surface area contributed by atoms with Crippen LogP contribution in [0.3, 0.4) is 0 Å². The molecule has 2 N–H and O–H groups in total. The van der Waals surface area contributed by atoms with Gasteiger partial charge in [-0.25, -0.2) is 0 Å². The molecule has 0 saturated carbocycles. The zero-order chi connectivity index (χ0) is 16.1. The minimum absolute atomic E-state index is 0.0431. The Labute approximate surface area is 134 Å². The number of primary amides is 1. The van der Waals surface area contributed by atoms with Crippen molar-refractivity contribution in [3.8, 4) is 0 Å². The number of benzene rings is 1. The average molecular weight is 323 g/mol. The maximum Gasteiger partial charge on any atom is 0.293 e. The zero-order valence-corrected chi connectivity index (χ0v) is 13.5. The number of nitrogens with two attached hydrogens (primary N) is 1. The first-order valence-corrected chi connectivity index (χ1v) is 8.52. The van der Waals surface area contributed by atoms with Crippen LogP contribution in [0.2, 0.25) is 0 Å². The van der Waals surface area contributed by atoms with Crippen LogP contribution in [0.25, 0.3) is 0 Å². The maximum atomic E-state index is 11.4. The van der Waals surface area contributed by atoms with Crippen LogP contribution in [0, 0.1) is 10.1 Å². The summed E-state index contributed by atoms with van der Waals surface area (Å²) in [5.74, 6) is 0.395. The summed E-state index contributed by atoms with van der Waals surface area (Å²) in [6.07, 6.45) is 3.30. The number of carbonyl (C=O) groups excluding carboxylic acids is 1. The Morgan fingerprint density at radius 1 is 1.50 bits per heavy atom. The van der Waals surface area contributed by atoms with Crippen LogP contribution in [0.5, 0.6) is 0 Å². The minimum atomic E-state index is -0.648. The second-order valence-corrected chi connectivity index (χ2v) is 6.92. The number of carbonyl (C=O) groups is 1. The summed E-state index contributed by atoms with van der Waals surface area (Å²) in [7, 11) is 0. The van der Waals surface area contributed by atoms with Crippen molar-refractivity contribution in [2.75, 3.05) is 23.7 Å². The van der Waals surface area contributed by atoms with E-state index in [2.05, 4.69) is 11.8 Å². The molecule has 1 aliphatic heterocycles. The Kier molecular flexibility index (Phi) is 5.65. The second-order valence-electron chi connectivity index (χ2n) is 5.34. The standard InChI is InChI=1S/C15H21N3O3S/c1-2-22-12-5-3-4-8-17(10-12)13-7-6-11(15(16)19)9-14(13)18(20)21/h6-7,9,12H,2-5,8,10H2,1H3,(H2,16,19). The lowest BCUT2D eigenvalue weighted by Gasteiger charge is -2.26. The predicted octanol–water partition coefficient (Wildman–Crippen LogP) is 2.81. The van der Waals surface area contributed by atoms with Gasteiger partial charge in [0.2, 0.25) is 5.91 Å². The highest BCUT2D eigenvalue weighted by Crippen LogP contribution is 2.33. The molecule has 1 aliphatic rings. The Bertz CT molecular complexity index is 565. The van der Waals surface area contributed by atoms with Crippen molar-refractivity contribution >= 4 is 29.0 Å². The van der Waals surface area contributed by atoms with Crippen LogP contribution in [-0.2, 0) is 0 Å². The Morgan fingerprint density at radius 2 is 2.27 bits per heavy atom. The molecule has 1 heterocycles. The highest BCUT2D eigenvalue weighted by Gasteiger charge is 2.25. The van der Waals surface area contributed by atoms with E-state index in [0.717, 1.165) is 38.1 Å². The molecule has 0 radical (unpaired) electrons. The van der Waals surface area contributed by atoms with E-state index in [1.165, 1.54) is 6.07 Å². The summed E-state index contributed by atoms with van der Waals surface area (Å²) in [6, 6.07) is 4.50. The number of thioether (sulfide) groups is 1.